The van der Waals surface area contributed by atoms with E-state index in [9.17, 15) is 13.6 Å². The van der Waals surface area contributed by atoms with E-state index in [1.54, 1.807) is 4.90 Å². The third-order valence-electron chi connectivity index (χ3n) is 3.09. The first-order valence-electron chi connectivity index (χ1n) is 6.63. The molecule has 0 N–H and O–H groups in total. The summed E-state index contributed by atoms with van der Waals surface area (Å²) in [5, 5.41) is 0. The summed E-state index contributed by atoms with van der Waals surface area (Å²) in [5.74, 6) is 0. The molecule has 0 atom stereocenters. The number of carbonyl (C=O) groups excluding carboxylic acids is 1. The van der Waals surface area contributed by atoms with Crippen LogP contribution in [0.15, 0.2) is 0 Å². The number of carbonyl (C=O) groups is 1. The first kappa shape index (κ1) is 17.9. The molecule has 1 rings (SSSR count). The number of piperidine rings is 1. The SMILES string of the molecule is CC(C)(C)OC(=O)N1CCC(CI)(OCC(F)F)CC1. The van der Waals surface area contributed by atoms with Crippen LogP contribution in [0.4, 0.5) is 13.6 Å². The van der Waals surface area contributed by atoms with Gasteiger partial charge in [0.1, 0.15) is 12.2 Å². The van der Waals surface area contributed by atoms with Crippen molar-refractivity contribution in [3.8, 4) is 0 Å². The third kappa shape index (κ3) is 5.67. The average Bonchev–Trinajstić information content (AvgIpc) is 2.35. The van der Waals surface area contributed by atoms with E-state index >= 15 is 0 Å². The topological polar surface area (TPSA) is 38.8 Å². The normalized spacial score (nSPS) is 19.2. The Morgan fingerprint density at radius 3 is 2.30 bits per heavy atom. The van der Waals surface area contributed by atoms with Crippen molar-refractivity contribution in [1.82, 2.24) is 4.90 Å². The summed E-state index contributed by atoms with van der Waals surface area (Å²) in [4.78, 5) is 13.5. The summed E-state index contributed by atoms with van der Waals surface area (Å²) in [6, 6.07) is 0. The van der Waals surface area contributed by atoms with Gasteiger partial charge in [0.15, 0.2) is 0 Å². The van der Waals surface area contributed by atoms with Crippen LogP contribution in [0.2, 0.25) is 0 Å². The predicted octanol–water partition coefficient (Wildman–Crippen LogP) is 3.47. The quantitative estimate of drug-likeness (QED) is 0.531. The van der Waals surface area contributed by atoms with Gasteiger partial charge in [-0.2, -0.15) is 0 Å². The van der Waals surface area contributed by atoms with Gasteiger partial charge in [-0.05, 0) is 33.6 Å². The Balaban J connectivity index is 2.50. The second kappa shape index (κ2) is 7.20. The Bertz CT molecular complexity index is 326. The summed E-state index contributed by atoms with van der Waals surface area (Å²) < 4.78 is 35.9. The molecule has 0 radical (unpaired) electrons. The Morgan fingerprint density at radius 2 is 1.90 bits per heavy atom. The molecule has 7 heteroatoms. The Labute approximate surface area is 132 Å². The van der Waals surface area contributed by atoms with Crippen molar-refractivity contribution in [2.75, 3.05) is 24.1 Å². The fourth-order valence-electron chi connectivity index (χ4n) is 1.98. The van der Waals surface area contributed by atoms with E-state index in [-0.39, 0.29) is 6.09 Å². The zero-order valence-electron chi connectivity index (χ0n) is 12.1. The molecular weight excluding hydrogens is 383 g/mol. The molecule has 0 saturated carbocycles. The van der Waals surface area contributed by atoms with Crippen molar-refractivity contribution in [3.63, 3.8) is 0 Å². The number of likely N-dealkylation sites (tertiary alicyclic amines) is 1. The standard InChI is InChI=1S/C13H22F2INO3/c1-12(2,3)20-11(18)17-6-4-13(9-16,5-7-17)19-8-10(14)15/h10H,4-9H2,1-3H3. The van der Waals surface area contributed by atoms with Gasteiger partial charge in [-0.3, -0.25) is 0 Å². The molecule has 1 fully saturated rings. The smallest absolute Gasteiger partial charge is 0.410 e. The van der Waals surface area contributed by atoms with Gasteiger partial charge in [0.05, 0.1) is 5.60 Å². The van der Waals surface area contributed by atoms with E-state index in [4.69, 9.17) is 9.47 Å². The highest BCUT2D eigenvalue weighted by Crippen LogP contribution is 2.30. The molecule has 1 aliphatic rings. The molecule has 1 heterocycles. The second-order valence-electron chi connectivity index (χ2n) is 5.99. The van der Waals surface area contributed by atoms with Crippen molar-refractivity contribution >= 4 is 28.7 Å². The Morgan fingerprint density at radius 1 is 1.35 bits per heavy atom. The van der Waals surface area contributed by atoms with Crippen molar-refractivity contribution in [1.29, 1.82) is 0 Å². The maximum absolute atomic E-state index is 12.3. The number of halogens is 3. The third-order valence-corrected chi connectivity index (χ3v) is 4.48. The fraction of sp³-hybridized carbons (Fsp3) is 0.923. The number of rotatable bonds is 4. The minimum atomic E-state index is -2.46. The number of amides is 1. The van der Waals surface area contributed by atoms with Crippen LogP contribution in [0.3, 0.4) is 0 Å². The van der Waals surface area contributed by atoms with Crippen LogP contribution in [0.5, 0.6) is 0 Å². The largest absolute Gasteiger partial charge is 0.444 e. The van der Waals surface area contributed by atoms with E-state index in [1.165, 1.54) is 0 Å². The maximum atomic E-state index is 12.3. The van der Waals surface area contributed by atoms with Crippen molar-refractivity contribution < 1.29 is 23.0 Å². The summed E-state index contributed by atoms with van der Waals surface area (Å²) in [7, 11) is 0. The first-order chi connectivity index (χ1) is 9.17. The number of alkyl halides is 3. The average molecular weight is 405 g/mol. The molecule has 0 aromatic heterocycles. The van der Waals surface area contributed by atoms with E-state index in [0.717, 1.165) is 0 Å². The molecule has 20 heavy (non-hydrogen) atoms. The lowest BCUT2D eigenvalue weighted by Gasteiger charge is -2.40. The van der Waals surface area contributed by atoms with Gasteiger partial charge >= 0.3 is 6.09 Å². The van der Waals surface area contributed by atoms with Crippen LogP contribution in [-0.2, 0) is 9.47 Å². The van der Waals surface area contributed by atoms with Crippen LogP contribution < -0.4 is 0 Å². The van der Waals surface area contributed by atoms with Gasteiger partial charge in [-0.15, -0.1) is 0 Å². The van der Waals surface area contributed by atoms with Crippen molar-refractivity contribution in [2.24, 2.45) is 0 Å². The van der Waals surface area contributed by atoms with Gasteiger partial charge in [0, 0.05) is 17.5 Å². The highest BCUT2D eigenvalue weighted by molar-refractivity contribution is 14.1. The lowest BCUT2D eigenvalue weighted by atomic mass is 9.93. The van der Waals surface area contributed by atoms with Crippen LogP contribution in [0, 0.1) is 0 Å². The lowest BCUT2D eigenvalue weighted by molar-refractivity contribution is -0.101. The Kier molecular flexibility index (Phi) is 6.43. The number of ether oxygens (including phenoxy) is 2. The van der Waals surface area contributed by atoms with E-state index in [2.05, 4.69) is 22.6 Å². The number of hydrogen-bond acceptors (Lipinski definition) is 3. The van der Waals surface area contributed by atoms with Gasteiger partial charge < -0.3 is 14.4 Å². The van der Waals surface area contributed by atoms with Crippen LogP contribution in [0.25, 0.3) is 0 Å². The van der Waals surface area contributed by atoms with E-state index < -0.39 is 24.2 Å². The molecule has 0 bridgehead atoms. The molecule has 1 amide bonds. The monoisotopic (exact) mass is 405 g/mol. The number of hydrogen-bond donors (Lipinski definition) is 0. The van der Waals surface area contributed by atoms with Gasteiger partial charge in [0.2, 0.25) is 0 Å². The summed E-state index contributed by atoms with van der Waals surface area (Å²) in [6.07, 6.45) is -1.70. The second-order valence-corrected chi connectivity index (χ2v) is 6.75. The highest BCUT2D eigenvalue weighted by Gasteiger charge is 2.37. The molecule has 4 nitrogen and oxygen atoms in total. The van der Waals surface area contributed by atoms with Gasteiger partial charge in [0.25, 0.3) is 6.43 Å². The van der Waals surface area contributed by atoms with E-state index in [0.29, 0.717) is 30.4 Å². The molecule has 118 valence electrons. The molecule has 1 saturated heterocycles. The van der Waals surface area contributed by atoms with Gasteiger partial charge in [-0.1, -0.05) is 22.6 Å². The van der Waals surface area contributed by atoms with Crippen LogP contribution >= 0.6 is 22.6 Å². The fourth-order valence-corrected chi connectivity index (χ4v) is 2.96. The maximum Gasteiger partial charge on any atom is 0.410 e. The van der Waals surface area contributed by atoms with Crippen molar-refractivity contribution in [2.45, 2.75) is 51.2 Å². The molecular formula is C13H22F2INO3. The first-order valence-corrected chi connectivity index (χ1v) is 8.16. The predicted molar refractivity (Wildman–Crippen MR) is 80.6 cm³/mol. The molecule has 0 aliphatic carbocycles. The molecule has 0 aromatic carbocycles. The molecule has 0 aromatic rings. The summed E-state index contributed by atoms with van der Waals surface area (Å²) in [5.41, 5.74) is -1.07. The minimum Gasteiger partial charge on any atom is -0.444 e. The lowest BCUT2D eigenvalue weighted by Crippen LogP contribution is -2.50. The zero-order valence-corrected chi connectivity index (χ0v) is 14.3. The molecule has 1 aliphatic heterocycles. The highest BCUT2D eigenvalue weighted by atomic mass is 127. The summed E-state index contributed by atoms with van der Waals surface area (Å²) in [6.45, 7) is 5.85. The van der Waals surface area contributed by atoms with Gasteiger partial charge in [-0.25, -0.2) is 13.6 Å². The molecule has 0 unspecified atom stereocenters. The van der Waals surface area contributed by atoms with E-state index in [1.807, 2.05) is 20.8 Å². The molecule has 0 spiro atoms. The summed E-state index contributed by atoms with van der Waals surface area (Å²) >= 11 is 2.15. The minimum absolute atomic E-state index is 0.353. The number of nitrogens with zero attached hydrogens (tertiary/aromatic N) is 1. The van der Waals surface area contributed by atoms with Crippen LogP contribution in [0.1, 0.15) is 33.6 Å². The van der Waals surface area contributed by atoms with Crippen molar-refractivity contribution in [3.05, 3.63) is 0 Å². The van der Waals surface area contributed by atoms with Crippen LogP contribution in [-0.4, -0.2) is 52.7 Å². The zero-order chi connectivity index (χ0) is 15.4. The Hall–Kier alpha value is -0.180.